The number of amides is 1. The van der Waals surface area contributed by atoms with E-state index in [4.69, 9.17) is 4.74 Å². The molecule has 1 amide bonds. The molecule has 2 N–H and O–H groups in total. The van der Waals surface area contributed by atoms with E-state index in [-0.39, 0.29) is 5.91 Å². The fraction of sp³-hybridized carbons (Fsp3) is 0.381. The number of piperidine rings is 1. The van der Waals surface area contributed by atoms with Crippen LogP contribution in [0.4, 0.5) is 0 Å². The Kier molecular flexibility index (Phi) is 6.60. The maximum absolute atomic E-state index is 12.2. The second-order valence-corrected chi connectivity index (χ2v) is 6.46. The lowest BCUT2D eigenvalue weighted by molar-refractivity contribution is 0.0901. The summed E-state index contributed by atoms with van der Waals surface area (Å²) in [5.41, 5.74) is 3.16. The quantitative estimate of drug-likeness (QED) is 0.763. The maximum Gasteiger partial charge on any atom is 0.251 e. The van der Waals surface area contributed by atoms with Crippen LogP contribution in [0.15, 0.2) is 54.6 Å². The predicted octanol–water partition coefficient (Wildman–Crippen LogP) is 3.10. The Bertz CT molecular complexity index is 649. The summed E-state index contributed by atoms with van der Waals surface area (Å²) in [6.07, 6.45) is 2.44. The van der Waals surface area contributed by atoms with Crippen molar-refractivity contribution in [2.75, 3.05) is 26.2 Å². The molecule has 1 aliphatic rings. The zero-order valence-electron chi connectivity index (χ0n) is 14.5. The van der Waals surface area contributed by atoms with Gasteiger partial charge in [0.05, 0.1) is 13.2 Å². The molecule has 0 saturated carbocycles. The molecule has 1 atom stereocenters. The number of benzene rings is 2. The molecule has 1 heterocycles. The fourth-order valence-electron chi connectivity index (χ4n) is 3.15. The molecule has 4 nitrogen and oxygen atoms in total. The molecule has 3 rings (SSSR count). The average Bonchev–Trinajstić information content (AvgIpc) is 2.69. The van der Waals surface area contributed by atoms with Crippen molar-refractivity contribution in [1.29, 1.82) is 0 Å². The second-order valence-electron chi connectivity index (χ2n) is 6.46. The predicted molar refractivity (Wildman–Crippen MR) is 99.7 cm³/mol. The van der Waals surface area contributed by atoms with E-state index in [1.165, 1.54) is 18.4 Å². The minimum atomic E-state index is -0.0448. The van der Waals surface area contributed by atoms with E-state index in [2.05, 4.69) is 22.8 Å². The molecule has 1 aliphatic heterocycles. The largest absolute Gasteiger partial charge is 0.375 e. The van der Waals surface area contributed by atoms with Crippen LogP contribution in [0.25, 0.3) is 0 Å². The highest BCUT2D eigenvalue weighted by Gasteiger charge is 2.15. The topological polar surface area (TPSA) is 50.4 Å². The van der Waals surface area contributed by atoms with Crippen LogP contribution in [-0.2, 0) is 11.3 Å². The van der Waals surface area contributed by atoms with Crippen LogP contribution < -0.4 is 10.6 Å². The third-order valence-corrected chi connectivity index (χ3v) is 4.58. The number of ether oxygens (including phenoxy) is 1. The van der Waals surface area contributed by atoms with Gasteiger partial charge >= 0.3 is 0 Å². The first-order valence-electron chi connectivity index (χ1n) is 9.03. The number of hydrogen-bond donors (Lipinski definition) is 2. The Balaban J connectivity index is 1.39. The van der Waals surface area contributed by atoms with Crippen molar-refractivity contribution in [3.05, 3.63) is 71.3 Å². The van der Waals surface area contributed by atoms with E-state index in [1.807, 2.05) is 42.5 Å². The summed E-state index contributed by atoms with van der Waals surface area (Å²) in [5, 5.41) is 6.34. The van der Waals surface area contributed by atoms with Gasteiger partial charge in [-0.3, -0.25) is 4.79 Å². The summed E-state index contributed by atoms with van der Waals surface area (Å²) in [5.74, 6) is 0.522. The van der Waals surface area contributed by atoms with E-state index >= 15 is 0 Å². The smallest absolute Gasteiger partial charge is 0.251 e. The first kappa shape index (κ1) is 17.6. The molecule has 0 bridgehead atoms. The van der Waals surface area contributed by atoms with Gasteiger partial charge in [0.25, 0.3) is 5.91 Å². The number of rotatable bonds is 7. The number of nitrogens with one attached hydrogen (secondary N) is 2. The third-order valence-electron chi connectivity index (χ3n) is 4.58. The lowest BCUT2D eigenvalue weighted by Gasteiger charge is -2.23. The molecule has 1 unspecified atom stereocenters. The molecule has 4 heteroatoms. The van der Waals surface area contributed by atoms with Gasteiger partial charge in [-0.2, -0.15) is 0 Å². The summed E-state index contributed by atoms with van der Waals surface area (Å²) in [6.45, 7) is 3.74. The molecule has 0 aliphatic carbocycles. The van der Waals surface area contributed by atoms with Crippen molar-refractivity contribution < 1.29 is 9.53 Å². The highest BCUT2D eigenvalue weighted by molar-refractivity contribution is 5.94. The lowest BCUT2D eigenvalue weighted by Crippen LogP contribution is -2.29. The first-order valence-corrected chi connectivity index (χ1v) is 9.03. The number of hydrogen-bond acceptors (Lipinski definition) is 3. The van der Waals surface area contributed by atoms with Gasteiger partial charge in [0.1, 0.15) is 0 Å². The van der Waals surface area contributed by atoms with Crippen LogP contribution in [0, 0.1) is 0 Å². The molecule has 1 fully saturated rings. The molecule has 2 aromatic carbocycles. The van der Waals surface area contributed by atoms with Gasteiger partial charge in [-0.15, -0.1) is 0 Å². The molecule has 0 aromatic heterocycles. The minimum Gasteiger partial charge on any atom is -0.375 e. The van der Waals surface area contributed by atoms with E-state index in [1.54, 1.807) is 0 Å². The summed E-state index contributed by atoms with van der Waals surface area (Å²) in [7, 11) is 0. The Morgan fingerprint density at radius 3 is 2.64 bits per heavy atom. The summed E-state index contributed by atoms with van der Waals surface area (Å²) >= 11 is 0. The van der Waals surface area contributed by atoms with Gasteiger partial charge < -0.3 is 15.4 Å². The molecular formula is C21H26N2O2. The zero-order valence-corrected chi connectivity index (χ0v) is 14.5. The monoisotopic (exact) mass is 338 g/mol. The number of carbonyl (C=O) groups is 1. The van der Waals surface area contributed by atoms with Crippen LogP contribution in [0.5, 0.6) is 0 Å². The van der Waals surface area contributed by atoms with Crippen molar-refractivity contribution in [2.24, 2.45) is 0 Å². The van der Waals surface area contributed by atoms with Crippen LogP contribution in [-0.4, -0.2) is 32.1 Å². The first-order chi connectivity index (χ1) is 12.3. The Hall–Kier alpha value is -2.17. The maximum atomic E-state index is 12.2. The highest BCUT2D eigenvalue weighted by Crippen LogP contribution is 2.23. The normalized spacial score (nSPS) is 17.2. The van der Waals surface area contributed by atoms with Crippen molar-refractivity contribution >= 4 is 5.91 Å². The van der Waals surface area contributed by atoms with E-state index < -0.39 is 0 Å². The Morgan fingerprint density at radius 2 is 1.92 bits per heavy atom. The van der Waals surface area contributed by atoms with Crippen LogP contribution in [0.1, 0.15) is 40.2 Å². The van der Waals surface area contributed by atoms with Gasteiger partial charge in [-0.25, -0.2) is 0 Å². The van der Waals surface area contributed by atoms with Crippen molar-refractivity contribution in [2.45, 2.75) is 25.4 Å². The molecule has 132 valence electrons. The van der Waals surface area contributed by atoms with Gasteiger partial charge in [0.15, 0.2) is 0 Å². The average molecular weight is 338 g/mol. The van der Waals surface area contributed by atoms with Gasteiger partial charge in [0.2, 0.25) is 0 Å². The molecule has 25 heavy (non-hydrogen) atoms. The standard InChI is InChI=1S/C21H26N2O2/c24-21(23-13-14-25-16-17-5-2-1-3-6-17)19-10-8-18(9-11-19)20-7-4-12-22-15-20/h1-3,5-6,8-11,20,22H,4,7,12-16H2,(H,23,24). The van der Waals surface area contributed by atoms with E-state index in [0.717, 1.165) is 18.7 Å². The van der Waals surface area contributed by atoms with Crippen molar-refractivity contribution in [1.82, 2.24) is 10.6 Å². The van der Waals surface area contributed by atoms with Gasteiger partial charge in [0, 0.05) is 18.7 Å². The summed E-state index contributed by atoms with van der Waals surface area (Å²) in [4.78, 5) is 12.2. The summed E-state index contributed by atoms with van der Waals surface area (Å²) in [6, 6.07) is 18.0. The second kappa shape index (κ2) is 9.35. The Labute approximate surface area is 149 Å². The van der Waals surface area contributed by atoms with Crippen molar-refractivity contribution in [3.8, 4) is 0 Å². The SMILES string of the molecule is O=C(NCCOCc1ccccc1)c1ccc(C2CCCNC2)cc1. The van der Waals surface area contributed by atoms with Gasteiger partial charge in [-0.1, -0.05) is 42.5 Å². The van der Waals surface area contributed by atoms with Crippen molar-refractivity contribution in [3.63, 3.8) is 0 Å². The third kappa shape index (κ3) is 5.41. The molecule has 0 spiro atoms. The zero-order chi connectivity index (χ0) is 17.3. The molecule has 1 saturated heterocycles. The molecule has 2 aromatic rings. The fourth-order valence-corrected chi connectivity index (χ4v) is 3.15. The minimum absolute atomic E-state index is 0.0448. The molecular weight excluding hydrogens is 312 g/mol. The van der Waals surface area contributed by atoms with E-state index in [0.29, 0.717) is 31.2 Å². The van der Waals surface area contributed by atoms with E-state index in [9.17, 15) is 4.79 Å². The highest BCUT2D eigenvalue weighted by atomic mass is 16.5. The van der Waals surface area contributed by atoms with Crippen LogP contribution >= 0.6 is 0 Å². The number of carbonyl (C=O) groups excluding carboxylic acids is 1. The lowest BCUT2D eigenvalue weighted by atomic mass is 9.91. The van der Waals surface area contributed by atoms with Crippen LogP contribution in [0.3, 0.4) is 0 Å². The van der Waals surface area contributed by atoms with Crippen LogP contribution in [0.2, 0.25) is 0 Å². The van der Waals surface area contributed by atoms with Gasteiger partial charge in [-0.05, 0) is 48.6 Å². The summed E-state index contributed by atoms with van der Waals surface area (Å²) < 4.78 is 5.58. The Morgan fingerprint density at radius 1 is 1.12 bits per heavy atom. The molecule has 0 radical (unpaired) electrons.